The van der Waals surface area contributed by atoms with Crippen LogP contribution < -0.4 is 26.4 Å². The number of alkyl halides is 1. The average molecular weight is 598 g/mol. The number of nitrogens with zero attached hydrogens (tertiary/aromatic N) is 6. The minimum Gasteiger partial charge on any atom is -0.461 e. The maximum Gasteiger partial charge on any atom is 0.319 e. The highest BCUT2D eigenvalue weighted by Crippen LogP contribution is 2.43. The van der Waals surface area contributed by atoms with E-state index in [9.17, 15) is 8.78 Å². The number of aromatic nitrogens is 4. The van der Waals surface area contributed by atoms with Crippen molar-refractivity contribution in [2.45, 2.75) is 55.9 Å². The molecule has 8 rings (SSSR count). The smallest absolute Gasteiger partial charge is 0.319 e. The van der Waals surface area contributed by atoms with Gasteiger partial charge in [-0.15, -0.1) is 0 Å². The highest BCUT2D eigenvalue weighted by Gasteiger charge is 2.49. The van der Waals surface area contributed by atoms with Crippen LogP contribution in [0.4, 0.5) is 29.9 Å². The number of hydrogen-bond acceptors (Lipinski definition) is 11. The van der Waals surface area contributed by atoms with Crippen molar-refractivity contribution in [2.75, 3.05) is 49.2 Å². The zero-order valence-electron chi connectivity index (χ0n) is 22.7. The quantitative estimate of drug-likeness (QED) is 0.313. The minimum atomic E-state index is -0.905. The molecule has 0 amide bonds. The molecule has 42 heavy (non-hydrogen) atoms. The topological polar surface area (TPSA) is 131 Å². The van der Waals surface area contributed by atoms with Gasteiger partial charge in [-0.2, -0.15) is 9.97 Å². The fourth-order valence-electron chi connectivity index (χ4n) is 7.44. The van der Waals surface area contributed by atoms with Gasteiger partial charge in [0.1, 0.15) is 35.4 Å². The number of rotatable bonds is 5. The Morgan fingerprint density at radius 2 is 1.83 bits per heavy atom. The Bertz CT molecular complexity index is 1720. The zero-order valence-corrected chi connectivity index (χ0v) is 23.6. The minimum absolute atomic E-state index is 0.00508. The van der Waals surface area contributed by atoms with Gasteiger partial charge in [-0.25, -0.2) is 23.1 Å². The van der Waals surface area contributed by atoms with E-state index in [0.29, 0.717) is 31.9 Å². The predicted octanol–water partition coefficient (Wildman–Crippen LogP) is 3.64. The number of piperazine rings is 1. The molecule has 0 saturated carbocycles. The third-order valence-electron chi connectivity index (χ3n) is 9.29. The summed E-state index contributed by atoms with van der Waals surface area (Å²) in [6.07, 6.45) is 3.37. The Morgan fingerprint density at radius 1 is 1.02 bits per heavy atom. The van der Waals surface area contributed by atoms with Crippen molar-refractivity contribution < 1.29 is 17.9 Å². The normalized spacial score (nSPS) is 27.4. The molecule has 4 aliphatic heterocycles. The van der Waals surface area contributed by atoms with E-state index in [1.54, 1.807) is 0 Å². The Labute approximate surface area is 243 Å². The first-order valence-electron chi connectivity index (χ1n) is 14.3. The van der Waals surface area contributed by atoms with Crippen molar-refractivity contribution in [1.82, 2.24) is 30.2 Å². The van der Waals surface area contributed by atoms with Crippen LogP contribution >= 0.6 is 11.3 Å². The maximum absolute atomic E-state index is 16.6. The number of hydrogen-bond donors (Lipinski definition) is 3. The fraction of sp³-hybridized carbons (Fsp3) is 0.500. The summed E-state index contributed by atoms with van der Waals surface area (Å²) >= 11 is 0.978. The van der Waals surface area contributed by atoms with Gasteiger partial charge < -0.3 is 26.4 Å². The molecule has 0 spiro atoms. The Balaban J connectivity index is 1.27. The second-order valence-electron chi connectivity index (χ2n) is 11.9. The van der Waals surface area contributed by atoms with E-state index in [-0.39, 0.29) is 68.0 Å². The molecule has 4 fully saturated rings. The van der Waals surface area contributed by atoms with Crippen molar-refractivity contribution in [2.24, 2.45) is 0 Å². The van der Waals surface area contributed by atoms with E-state index in [4.69, 9.17) is 21.2 Å². The number of halogens is 3. The number of anilines is 3. The van der Waals surface area contributed by atoms with Crippen molar-refractivity contribution >= 4 is 49.4 Å². The van der Waals surface area contributed by atoms with Crippen molar-refractivity contribution in [3.8, 4) is 17.1 Å². The molecular formula is C28H30F3N9OS. The van der Waals surface area contributed by atoms with Crippen LogP contribution in [0, 0.1) is 11.6 Å². The van der Waals surface area contributed by atoms with Gasteiger partial charge in [0.2, 0.25) is 0 Å². The molecule has 4 atom stereocenters. The summed E-state index contributed by atoms with van der Waals surface area (Å²) in [7, 11) is 0. The summed E-state index contributed by atoms with van der Waals surface area (Å²) in [5, 5.41) is 3.75. The Morgan fingerprint density at radius 3 is 2.64 bits per heavy atom. The first-order valence-corrected chi connectivity index (χ1v) is 15.1. The van der Waals surface area contributed by atoms with Crippen LogP contribution in [-0.4, -0.2) is 81.4 Å². The average Bonchev–Trinajstić information content (AvgIpc) is 3.70. The van der Waals surface area contributed by atoms with Crippen LogP contribution in [-0.2, 0) is 0 Å². The molecule has 4 aromatic rings. The highest BCUT2D eigenvalue weighted by molar-refractivity contribution is 7.22. The summed E-state index contributed by atoms with van der Waals surface area (Å²) < 4.78 is 52.0. The fourth-order valence-corrected chi connectivity index (χ4v) is 8.20. The van der Waals surface area contributed by atoms with E-state index in [0.717, 1.165) is 43.6 Å². The summed E-state index contributed by atoms with van der Waals surface area (Å²) in [6.45, 7) is 2.77. The molecule has 5 N–H and O–H groups in total. The number of fused-ring (bicyclic) bond motifs is 5. The third kappa shape index (κ3) is 4.06. The SMILES string of the molecule is Nc1nc2c(-c3c(N)nc4c(N5CC6CCC(C5)N6)nc(OC[C@@]56CCCN5C[C@H](F)C6)nc4c3F)ccc(F)c2s1. The molecule has 4 saturated heterocycles. The largest absolute Gasteiger partial charge is 0.461 e. The summed E-state index contributed by atoms with van der Waals surface area (Å²) in [5.74, 6) is -0.874. The van der Waals surface area contributed by atoms with Crippen molar-refractivity contribution in [1.29, 1.82) is 0 Å². The molecule has 2 bridgehead atoms. The van der Waals surface area contributed by atoms with Gasteiger partial charge in [0.25, 0.3) is 0 Å². The molecule has 0 aliphatic carbocycles. The van der Waals surface area contributed by atoms with E-state index in [1.807, 2.05) is 0 Å². The number of nitrogens with one attached hydrogen (secondary N) is 1. The van der Waals surface area contributed by atoms with Gasteiger partial charge in [0.15, 0.2) is 16.8 Å². The summed E-state index contributed by atoms with van der Waals surface area (Å²) in [5.41, 5.74) is 12.5. The van der Waals surface area contributed by atoms with E-state index in [2.05, 4.69) is 30.1 Å². The van der Waals surface area contributed by atoms with Crippen LogP contribution in [0.15, 0.2) is 12.1 Å². The molecule has 7 heterocycles. The lowest BCUT2D eigenvalue weighted by Gasteiger charge is -2.34. The molecular weight excluding hydrogens is 567 g/mol. The van der Waals surface area contributed by atoms with Crippen LogP contribution in [0.1, 0.15) is 32.1 Å². The highest BCUT2D eigenvalue weighted by atomic mass is 32.1. The maximum atomic E-state index is 16.6. The Hall–Kier alpha value is -3.49. The lowest BCUT2D eigenvalue weighted by molar-refractivity contribution is 0.107. The van der Waals surface area contributed by atoms with E-state index >= 15 is 4.39 Å². The lowest BCUT2D eigenvalue weighted by Crippen LogP contribution is -2.51. The number of ether oxygens (including phenoxy) is 1. The van der Waals surface area contributed by atoms with Crippen LogP contribution in [0.3, 0.4) is 0 Å². The number of thiazole rings is 1. The molecule has 10 nitrogen and oxygen atoms in total. The molecule has 1 aromatic carbocycles. The molecule has 4 aliphatic rings. The standard InChI is InChI=1S/C28H30F3N9OS/c29-13-8-28(6-1-7-40(28)9-13)12-41-27-37-21-19(31)18(16-4-5-17(30)23-20(16)36-26(33)42-23)24(32)35-22(21)25(38-27)39-10-14-2-3-15(11-39)34-14/h4-5,13-15,34H,1-3,6-12H2,(H2,32,35)(H2,33,36)/t13-,14?,15?,28+/m1/s1. The van der Waals surface area contributed by atoms with Gasteiger partial charge in [0, 0.05) is 43.7 Å². The predicted molar refractivity (Wildman–Crippen MR) is 155 cm³/mol. The second-order valence-corrected chi connectivity index (χ2v) is 13.0. The Kier molecular flexibility index (Phi) is 5.92. The van der Waals surface area contributed by atoms with E-state index in [1.165, 1.54) is 12.1 Å². The molecule has 14 heteroatoms. The first kappa shape index (κ1) is 26.2. The van der Waals surface area contributed by atoms with Crippen LogP contribution in [0.25, 0.3) is 32.4 Å². The van der Waals surface area contributed by atoms with Crippen molar-refractivity contribution in [3.05, 3.63) is 23.8 Å². The van der Waals surface area contributed by atoms with Gasteiger partial charge in [-0.1, -0.05) is 11.3 Å². The molecule has 0 radical (unpaired) electrons. The zero-order chi connectivity index (χ0) is 28.7. The summed E-state index contributed by atoms with van der Waals surface area (Å²) in [6, 6.07) is 3.24. The lowest BCUT2D eigenvalue weighted by atomic mass is 9.95. The third-order valence-corrected chi connectivity index (χ3v) is 10.2. The number of nitrogen functional groups attached to an aromatic ring is 2. The van der Waals surface area contributed by atoms with Gasteiger partial charge in [-0.05, 0) is 44.4 Å². The first-order chi connectivity index (χ1) is 20.3. The van der Waals surface area contributed by atoms with Crippen molar-refractivity contribution in [3.63, 3.8) is 0 Å². The van der Waals surface area contributed by atoms with Gasteiger partial charge in [-0.3, -0.25) is 4.90 Å². The number of pyridine rings is 1. The molecule has 3 aromatic heterocycles. The number of nitrogens with two attached hydrogens (primary N) is 2. The van der Waals surface area contributed by atoms with Crippen LogP contribution in [0.5, 0.6) is 6.01 Å². The monoisotopic (exact) mass is 597 g/mol. The van der Waals surface area contributed by atoms with Gasteiger partial charge in [0.05, 0.1) is 21.3 Å². The van der Waals surface area contributed by atoms with Crippen LogP contribution in [0.2, 0.25) is 0 Å². The number of benzene rings is 1. The molecule has 220 valence electrons. The second kappa shape index (κ2) is 9.51. The van der Waals surface area contributed by atoms with E-state index < -0.39 is 23.3 Å². The summed E-state index contributed by atoms with van der Waals surface area (Å²) in [4.78, 5) is 22.4. The molecule has 2 unspecified atom stereocenters. The van der Waals surface area contributed by atoms with Gasteiger partial charge >= 0.3 is 6.01 Å².